The largest absolute Gasteiger partial charge is 0.395 e. The van der Waals surface area contributed by atoms with Gasteiger partial charge >= 0.3 is 0 Å². The van der Waals surface area contributed by atoms with Crippen LogP contribution in [0, 0.1) is 0 Å². The van der Waals surface area contributed by atoms with Crippen LogP contribution in [-0.4, -0.2) is 46.1 Å². The minimum atomic E-state index is -0.178. The van der Waals surface area contributed by atoms with Crippen LogP contribution in [0.2, 0.25) is 0 Å². The van der Waals surface area contributed by atoms with Gasteiger partial charge in [-0.2, -0.15) is 0 Å². The van der Waals surface area contributed by atoms with Crippen molar-refractivity contribution in [2.45, 2.75) is 0 Å². The lowest BCUT2D eigenvalue weighted by Crippen LogP contribution is -2.29. The van der Waals surface area contributed by atoms with E-state index in [2.05, 4.69) is 9.97 Å². The zero-order valence-electron chi connectivity index (χ0n) is 11.5. The van der Waals surface area contributed by atoms with Gasteiger partial charge in [0.1, 0.15) is 10.7 Å². The van der Waals surface area contributed by atoms with Gasteiger partial charge in [-0.05, 0) is 12.1 Å². The van der Waals surface area contributed by atoms with Crippen LogP contribution < -0.4 is 0 Å². The van der Waals surface area contributed by atoms with E-state index in [0.29, 0.717) is 12.2 Å². The van der Waals surface area contributed by atoms with Crippen LogP contribution >= 0.6 is 11.3 Å². The summed E-state index contributed by atoms with van der Waals surface area (Å²) in [5, 5.41) is 12.5. The van der Waals surface area contributed by atoms with Crippen molar-refractivity contribution in [1.29, 1.82) is 0 Å². The van der Waals surface area contributed by atoms with E-state index in [1.807, 2.05) is 30.3 Å². The number of rotatable bonds is 4. The number of aliphatic hydroxyl groups excluding tert-OH is 1. The van der Waals surface area contributed by atoms with Crippen LogP contribution in [0.1, 0.15) is 10.5 Å². The lowest BCUT2D eigenvalue weighted by Gasteiger charge is -2.13. The zero-order chi connectivity index (χ0) is 14.8. The number of nitrogens with zero attached hydrogens (tertiary/aromatic N) is 2. The molecular weight excluding hydrogens is 286 g/mol. The number of H-pyrrole nitrogens is 1. The first-order chi connectivity index (χ1) is 10.2. The second-order valence-corrected chi connectivity index (χ2v) is 5.62. The molecule has 0 fully saturated rings. The van der Waals surface area contributed by atoms with Crippen molar-refractivity contribution in [3.05, 3.63) is 41.4 Å². The Labute approximate surface area is 125 Å². The van der Waals surface area contributed by atoms with Crippen molar-refractivity contribution in [3.63, 3.8) is 0 Å². The second kappa shape index (κ2) is 5.67. The summed E-state index contributed by atoms with van der Waals surface area (Å²) >= 11 is 1.43. The quantitative estimate of drug-likeness (QED) is 0.777. The Balaban J connectivity index is 1.89. The number of hydrogen-bond acceptors (Lipinski definition) is 4. The first-order valence-corrected chi connectivity index (χ1v) is 7.47. The zero-order valence-corrected chi connectivity index (χ0v) is 12.4. The Hall–Kier alpha value is -2.18. The van der Waals surface area contributed by atoms with E-state index in [0.717, 1.165) is 21.6 Å². The molecule has 3 rings (SSSR count). The third kappa shape index (κ3) is 2.68. The molecular formula is C15H15N3O2S. The molecule has 3 aromatic rings. The maximum absolute atomic E-state index is 12.1. The first-order valence-electron chi connectivity index (χ1n) is 6.59. The molecule has 0 aliphatic rings. The summed E-state index contributed by atoms with van der Waals surface area (Å²) in [4.78, 5) is 21.3. The number of para-hydroxylation sites is 1. The molecule has 2 aromatic heterocycles. The highest BCUT2D eigenvalue weighted by Gasteiger charge is 2.16. The van der Waals surface area contributed by atoms with Crippen molar-refractivity contribution >= 4 is 28.1 Å². The van der Waals surface area contributed by atoms with Crippen LogP contribution in [0.3, 0.4) is 0 Å². The second-order valence-electron chi connectivity index (χ2n) is 4.76. The summed E-state index contributed by atoms with van der Waals surface area (Å²) in [5.41, 5.74) is 2.36. The highest BCUT2D eigenvalue weighted by atomic mass is 32.1. The molecule has 5 nitrogen and oxygen atoms in total. The summed E-state index contributed by atoms with van der Waals surface area (Å²) < 4.78 is 0. The average molecular weight is 301 g/mol. The SMILES string of the molecule is CN(CCO)C(=O)c1csc(-c2cc3ccccc3[nH]2)n1. The fraction of sp³-hybridized carbons (Fsp3) is 0.200. The van der Waals surface area contributed by atoms with Crippen molar-refractivity contribution in [2.75, 3.05) is 20.2 Å². The molecule has 0 bridgehead atoms. The predicted molar refractivity (Wildman–Crippen MR) is 83.5 cm³/mol. The van der Waals surface area contributed by atoms with E-state index in [9.17, 15) is 4.79 Å². The molecule has 0 spiro atoms. The summed E-state index contributed by atoms with van der Waals surface area (Å²) in [5.74, 6) is -0.178. The monoisotopic (exact) mass is 301 g/mol. The molecule has 108 valence electrons. The predicted octanol–water partition coefficient (Wildman–Crippen LogP) is 2.36. The van der Waals surface area contributed by atoms with Crippen molar-refractivity contribution in [1.82, 2.24) is 14.9 Å². The number of hydrogen-bond donors (Lipinski definition) is 2. The minimum absolute atomic E-state index is 0.0543. The summed E-state index contributed by atoms with van der Waals surface area (Å²) in [6.07, 6.45) is 0. The van der Waals surface area contributed by atoms with Gasteiger partial charge in [-0.3, -0.25) is 4.79 Å². The maximum Gasteiger partial charge on any atom is 0.273 e. The van der Waals surface area contributed by atoms with Gasteiger partial charge < -0.3 is 15.0 Å². The van der Waals surface area contributed by atoms with Gasteiger partial charge in [0, 0.05) is 29.9 Å². The molecule has 0 unspecified atom stereocenters. The molecule has 1 aromatic carbocycles. The number of benzene rings is 1. The molecule has 0 aliphatic carbocycles. The van der Waals surface area contributed by atoms with Gasteiger partial charge in [-0.15, -0.1) is 11.3 Å². The molecule has 0 aliphatic heterocycles. The Morgan fingerprint density at radius 1 is 1.43 bits per heavy atom. The third-order valence-electron chi connectivity index (χ3n) is 3.27. The van der Waals surface area contributed by atoms with Crippen LogP contribution in [0.4, 0.5) is 0 Å². The van der Waals surface area contributed by atoms with E-state index < -0.39 is 0 Å². The van der Waals surface area contributed by atoms with Crippen molar-refractivity contribution in [3.8, 4) is 10.7 Å². The molecule has 0 saturated carbocycles. The Bertz CT molecular complexity index is 745. The number of fused-ring (bicyclic) bond motifs is 1. The van der Waals surface area contributed by atoms with Crippen LogP contribution in [-0.2, 0) is 0 Å². The first kappa shape index (κ1) is 13.8. The minimum Gasteiger partial charge on any atom is -0.395 e. The molecule has 0 radical (unpaired) electrons. The number of thiazole rings is 1. The summed E-state index contributed by atoms with van der Waals surface area (Å²) in [7, 11) is 1.65. The molecule has 2 heterocycles. The number of carbonyl (C=O) groups is 1. The molecule has 2 N–H and O–H groups in total. The number of amides is 1. The number of carbonyl (C=O) groups excluding carboxylic acids is 1. The number of aliphatic hydroxyl groups is 1. The van der Waals surface area contributed by atoms with Gasteiger partial charge in [-0.25, -0.2) is 4.98 Å². The van der Waals surface area contributed by atoms with Gasteiger partial charge in [0.05, 0.1) is 12.3 Å². The fourth-order valence-electron chi connectivity index (χ4n) is 2.13. The van der Waals surface area contributed by atoms with Crippen LogP contribution in [0.5, 0.6) is 0 Å². The number of aromatic nitrogens is 2. The van der Waals surface area contributed by atoms with E-state index in [1.54, 1.807) is 12.4 Å². The van der Waals surface area contributed by atoms with E-state index in [1.165, 1.54) is 16.2 Å². The maximum atomic E-state index is 12.1. The number of nitrogens with one attached hydrogen (secondary N) is 1. The third-order valence-corrected chi connectivity index (χ3v) is 4.14. The molecule has 21 heavy (non-hydrogen) atoms. The van der Waals surface area contributed by atoms with E-state index in [4.69, 9.17) is 5.11 Å². The average Bonchev–Trinajstić information content (AvgIpc) is 3.13. The molecule has 1 amide bonds. The van der Waals surface area contributed by atoms with Crippen LogP contribution in [0.25, 0.3) is 21.6 Å². The lowest BCUT2D eigenvalue weighted by atomic mass is 10.2. The van der Waals surface area contributed by atoms with Gasteiger partial charge in [0.25, 0.3) is 5.91 Å². The van der Waals surface area contributed by atoms with Crippen molar-refractivity contribution in [2.24, 2.45) is 0 Å². The summed E-state index contributed by atoms with van der Waals surface area (Å²) in [6.45, 7) is 0.249. The summed E-state index contributed by atoms with van der Waals surface area (Å²) in [6, 6.07) is 10.0. The lowest BCUT2D eigenvalue weighted by molar-refractivity contribution is 0.0762. The number of aromatic amines is 1. The van der Waals surface area contributed by atoms with Gasteiger partial charge in [-0.1, -0.05) is 18.2 Å². The topological polar surface area (TPSA) is 69.2 Å². The Kier molecular flexibility index (Phi) is 3.72. The normalized spacial score (nSPS) is 11.0. The van der Waals surface area contributed by atoms with Gasteiger partial charge in [0.15, 0.2) is 0 Å². The van der Waals surface area contributed by atoms with Crippen molar-refractivity contribution < 1.29 is 9.90 Å². The number of likely N-dealkylation sites (N-methyl/N-ethyl adjacent to an activating group) is 1. The molecule has 0 saturated heterocycles. The van der Waals surface area contributed by atoms with E-state index in [-0.39, 0.29) is 12.5 Å². The fourth-order valence-corrected chi connectivity index (χ4v) is 2.90. The molecule has 0 atom stereocenters. The van der Waals surface area contributed by atoms with Gasteiger partial charge in [0.2, 0.25) is 0 Å². The van der Waals surface area contributed by atoms with E-state index >= 15 is 0 Å². The standard InChI is InChI=1S/C15H15N3O2S/c1-18(6-7-19)15(20)13-9-21-14(17-13)12-8-10-4-2-3-5-11(10)16-12/h2-5,8-9,16,19H,6-7H2,1H3. The molecule has 6 heteroatoms. The van der Waals surface area contributed by atoms with Crippen LogP contribution in [0.15, 0.2) is 35.7 Å². The Morgan fingerprint density at radius 2 is 2.24 bits per heavy atom. The smallest absolute Gasteiger partial charge is 0.273 e. The highest BCUT2D eigenvalue weighted by Crippen LogP contribution is 2.27. The highest BCUT2D eigenvalue weighted by molar-refractivity contribution is 7.13. The Morgan fingerprint density at radius 3 is 3.00 bits per heavy atom.